The largest absolute Gasteiger partial charge is 0.508 e. The number of phenols is 1. The van der Waals surface area contributed by atoms with Gasteiger partial charge < -0.3 is 61.2 Å². The van der Waals surface area contributed by atoms with Gasteiger partial charge in [-0.3, -0.25) is 9.79 Å². The summed E-state index contributed by atoms with van der Waals surface area (Å²) in [7, 11) is 1.89. The lowest BCUT2D eigenvalue weighted by Crippen LogP contribution is -2.71. The molecular formula is C43H50N4O11. The molecule has 15 nitrogen and oxygen atoms in total. The number of hydrogen-bond donors (Lipinski definition) is 9. The molecule has 1 fully saturated rings. The molecule has 0 bridgehead atoms. The normalized spacial score (nSPS) is 25.2. The maximum atomic E-state index is 12.6. The number of amides is 1. The molecule has 308 valence electrons. The Balaban J connectivity index is 1.25. The van der Waals surface area contributed by atoms with Crippen molar-refractivity contribution in [2.45, 2.75) is 55.6 Å². The number of aliphatic imine (C=N–C) groups is 1. The zero-order valence-electron chi connectivity index (χ0n) is 32.0. The molecule has 3 aliphatic rings. The number of carboxylic acid groups (broad SMARTS) is 1. The number of carbonyl (C=O) groups is 2. The minimum Gasteiger partial charge on any atom is -0.508 e. The first-order valence-corrected chi connectivity index (χ1v) is 19.1. The van der Waals surface area contributed by atoms with Crippen LogP contribution in [0, 0.1) is 11.8 Å². The van der Waals surface area contributed by atoms with Crippen LogP contribution in [0.1, 0.15) is 36.0 Å². The summed E-state index contributed by atoms with van der Waals surface area (Å²) in [4.78, 5) is 29.0. The second-order valence-corrected chi connectivity index (χ2v) is 14.7. The number of ether oxygens (including phenoxy) is 3. The third-order valence-electron chi connectivity index (χ3n) is 10.7. The predicted octanol–water partition coefficient (Wildman–Crippen LogP) is 2.64. The summed E-state index contributed by atoms with van der Waals surface area (Å²) < 4.78 is 17.6. The smallest absolute Gasteiger partial charge is 0.335 e. The van der Waals surface area contributed by atoms with E-state index < -0.39 is 48.2 Å². The van der Waals surface area contributed by atoms with Gasteiger partial charge >= 0.3 is 5.97 Å². The van der Waals surface area contributed by atoms with Crippen LogP contribution >= 0.6 is 0 Å². The van der Waals surface area contributed by atoms with Crippen molar-refractivity contribution in [2.24, 2.45) is 22.6 Å². The van der Waals surface area contributed by atoms with Crippen LogP contribution in [0.5, 0.6) is 17.2 Å². The molecule has 1 saturated heterocycles. The molecule has 0 saturated carbocycles. The Bertz CT molecular complexity index is 2040. The Morgan fingerprint density at radius 2 is 1.83 bits per heavy atom. The molecule has 6 rings (SSSR count). The molecule has 0 spiro atoms. The van der Waals surface area contributed by atoms with Crippen molar-refractivity contribution in [2.75, 3.05) is 33.2 Å². The molecule has 1 unspecified atom stereocenters. The number of primary amides is 1. The van der Waals surface area contributed by atoms with Gasteiger partial charge in [0.25, 0.3) is 5.91 Å². The number of aliphatic hydroxyl groups excluding tert-OH is 3. The fourth-order valence-electron chi connectivity index (χ4n) is 7.54. The van der Waals surface area contributed by atoms with Crippen LogP contribution in [-0.2, 0) is 14.3 Å². The Hall–Kier alpha value is -5.55. The average molecular weight is 799 g/mol. The zero-order chi connectivity index (χ0) is 41.4. The van der Waals surface area contributed by atoms with Gasteiger partial charge in [0.15, 0.2) is 11.7 Å². The minimum atomic E-state index is -2.39. The minimum absolute atomic E-state index is 0.0223. The van der Waals surface area contributed by atoms with Gasteiger partial charge in [-0.05, 0) is 92.2 Å². The van der Waals surface area contributed by atoms with E-state index in [4.69, 9.17) is 19.9 Å². The fourth-order valence-corrected chi connectivity index (χ4v) is 7.54. The molecule has 0 radical (unpaired) electrons. The molecular weight excluding hydrogens is 748 g/mol. The Labute approximate surface area is 335 Å². The van der Waals surface area contributed by atoms with E-state index in [2.05, 4.69) is 33.9 Å². The Morgan fingerprint density at radius 3 is 2.50 bits per heavy atom. The number of carboxylic acids is 1. The second-order valence-electron chi connectivity index (χ2n) is 14.7. The van der Waals surface area contributed by atoms with E-state index >= 15 is 0 Å². The summed E-state index contributed by atoms with van der Waals surface area (Å²) in [5.74, 6) is -2.75. The van der Waals surface area contributed by atoms with Crippen LogP contribution in [-0.4, -0.2) is 118 Å². The molecule has 1 amide bonds. The van der Waals surface area contributed by atoms with Gasteiger partial charge in [0.1, 0.15) is 35.2 Å². The van der Waals surface area contributed by atoms with Crippen LogP contribution < -0.4 is 25.8 Å². The lowest BCUT2D eigenvalue weighted by atomic mass is 9.81. The molecule has 8 atom stereocenters. The summed E-state index contributed by atoms with van der Waals surface area (Å²) in [5, 5.41) is 71.8. The number of aliphatic hydroxyl groups is 4. The number of phenolic OH excluding ortho intramolecular Hbond substituents is 1. The number of aliphatic carboxylic acids is 1. The number of hydrogen-bond acceptors (Lipinski definition) is 13. The maximum absolute atomic E-state index is 12.6. The lowest BCUT2D eigenvalue weighted by molar-refractivity contribution is -0.311. The van der Waals surface area contributed by atoms with Crippen molar-refractivity contribution in [1.82, 2.24) is 10.6 Å². The number of carbonyl (C=O) groups excluding carboxylic acids is 1. The van der Waals surface area contributed by atoms with E-state index in [0.29, 0.717) is 25.1 Å². The van der Waals surface area contributed by atoms with E-state index in [1.807, 2.05) is 43.6 Å². The van der Waals surface area contributed by atoms with E-state index in [9.17, 15) is 40.2 Å². The molecule has 10 N–H and O–H groups in total. The summed E-state index contributed by atoms with van der Waals surface area (Å²) in [6.07, 6.45) is 1.13. The number of aromatic hydroxyl groups is 1. The number of benzene rings is 3. The summed E-state index contributed by atoms with van der Waals surface area (Å²) in [6.45, 7) is 1.34. The van der Waals surface area contributed by atoms with Gasteiger partial charge in [-0.2, -0.15) is 0 Å². The van der Waals surface area contributed by atoms with Gasteiger partial charge in [-0.25, -0.2) is 4.79 Å². The maximum Gasteiger partial charge on any atom is 0.335 e. The van der Waals surface area contributed by atoms with E-state index in [0.717, 1.165) is 30.5 Å². The highest BCUT2D eigenvalue weighted by atomic mass is 16.7. The van der Waals surface area contributed by atoms with E-state index in [1.165, 1.54) is 42.5 Å². The van der Waals surface area contributed by atoms with Crippen molar-refractivity contribution < 1.29 is 54.4 Å². The topological polar surface area (TPSA) is 246 Å². The zero-order valence-corrected chi connectivity index (χ0v) is 32.0. The molecule has 3 aliphatic heterocycles. The van der Waals surface area contributed by atoms with Gasteiger partial charge in [0, 0.05) is 18.8 Å². The molecule has 0 aliphatic carbocycles. The second kappa shape index (κ2) is 18.8. The van der Waals surface area contributed by atoms with Crippen molar-refractivity contribution in [1.29, 1.82) is 0 Å². The standard InChI is InChI=1S/C43H50N4O11/c1-45-18-17-27(9-5-8-25-6-3-2-4-7-25)29(20-26-16-19-46-22-26)23-47-24-43(55)39(51)36(50)38(41(53)54)58-42(43)56-31-14-15-32-33(21-31)57-37(40(44)52)34(35(32)49)28-10-12-30(48)13-11-28/h2-8,10-16,21-22,27,29,36-39,42,45,47-51,55H,9,17-20,23-24H2,1H3,(H2,44,52)(H,53,54)/b8-5+/t27-,29-,36+,37?,38-,39-,42+,43+/m0/s1. The molecule has 58 heavy (non-hydrogen) atoms. The van der Waals surface area contributed by atoms with Gasteiger partial charge in [0.05, 0.1) is 17.7 Å². The summed E-state index contributed by atoms with van der Waals surface area (Å²) in [6, 6.07) is 19.8. The van der Waals surface area contributed by atoms with Gasteiger partial charge in [-0.15, -0.1) is 0 Å². The van der Waals surface area contributed by atoms with Crippen LogP contribution in [0.2, 0.25) is 0 Å². The monoisotopic (exact) mass is 798 g/mol. The highest BCUT2D eigenvalue weighted by molar-refractivity contribution is 6.03. The van der Waals surface area contributed by atoms with Crippen molar-refractivity contribution in [3.8, 4) is 17.2 Å². The summed E-state index contributed by atoms with van der Waals surface area (Å²) >= 11 is 0. The third-order valence-corrected chi connectivity index (χ3v) is 10.7. The van der Waals surface area contributed by atoms with Crippen LogP contribution in [0.4, 0.5) is 0 Å². The lowest BCUT2D eigenvalue weighted by Gasteiger charge is -2.47. The average Bonchev–Trinajstić information content (AvgIpc) is 3.73. The Kier molecular flexibility index (Phi) is 13.6. The number of fused-ring (bicyclic) bond motifs is 1. The number of allylic oxidation sites excluding steroid dienone is 2. The van der Waals surface area contributed by atoms with Gasteiger partial charge in [-0.1, -0.05) is 60.7 Å². The van der Waals surface area contributed by atoms with Gasteiger partial charge in [0.2, 0.25) is 12.4 Å². The number of nitrogens with zero attached hydrogens (tertiary/aromatic N) is 1. The molecule has 3 aromatic rings. The van der Waals surface area contributed by atoms with Crippen molar-refractivity contribution in [3.63, 3.8) is 0 Å². The number of nitrogens with one attached hydrogen (secondary N) is 2. The first kappa shape index (κ1) is 42.1. The van der Waals surface area contributed by atoms with E-state index in [1.54, 1.807) is 0 Å². The molecule has 0 aromatic heterocycles. The Morgan fingerprint density at radius 1 is 1.07 bits per heavy atom. The number of nitrogens with two attached hydrogens (primary N) is 1. The quantitative estimate of drug-likeness (QED) is 0.0900. The van der Waals surface area contributed by atoms with Crippen molar-refractivity contribution >= 4 is 35.5 Å². The first-order valence-electron chi connectivity index (χ1n) is 19.1. The number of rotatable bonds is 18. The summed E-state index contributed by atoms with van der Waals surface area (Å²) in [5.41, 5.74) is 6.05. The van der Waals surface area contributed by atoms with Crippen LogP contribution in [0.3, 0.4) is 0 Å². The molecule has 3 heterocycles. The first-order chi connectivity index (χ1) is 27.9. The molecule has 15 heteroatoms. The highest BCUT2D eigenvalue weighted by Crippen LogP contribution is 2.42. The highest BCUT2D eigenvalue weighted by Gasteiger charge is 2.58. The fraction of sp³-hybridized carbons (Fsp3) is 0.372. The van der Waals surface area contributed by atoms with Crippen molar-refractivity contribution in [3.05, 3.63) is 107 Å². The predicted molar refractivity (Wildman–Crippen MR) is 216 cm³/mol. The molecule has 3 aromatic carbocycles. The van der Waals surface area contributed by atoms with Crippen LogP contribution in [0.15, 0.2) is 95.5 Å². The SMILES string of the molecule is CNCC[C@H](C/C=C/c1ccccc1)[C@H](CNC[C@]1(O)[C@H](Oc2ccc3c(c2)OC(C(N)=O)C(c2ccc(O)cc2)=C3O)O[C@H](C(=O)O)[C@@H](O)[C@@H]1O)CC1=CCN=C1. The third kappa shape index (κ3) is 9.58. The van der Waals surface area contributed by atoms with E-state index in [-0.39, 0.29) is 52.5 Å². The van der Waals surface area contributed by atoms with Crippen LogP contribution in [0.25, 0.3) is 17.4 Å².